The van der Waals surface area contributed by atoms with Crippen molar-refractivity contribution in [1.29, 1.82) is 0 Å². The van der Waals surface area contributed by atoms with Gasteiger partial charge >= 0.3 is 5.97 Å². The van der Waals surface area contributed by atoms with Gasteiger partial charge in [0, 0.05) is 10.9 Å². The first-order valence-electron chi connectivity index (χ1n) is 7.14. The van der Waals surface area contributed by atoms with E-state index in [-0.39, 0.29) is 30.4 Å². The van der Waals surface area contributed by atoms with Crippen molar-refractivity contribution in [2.75, 3.05) is 7.11 Å². The van der Waals surface area contributed by atoms with Gasteiger partial charge in [0.1, 0.15) is 0 Å². The number of methoxy groups -OCH3 is 1. The van der Waals surface area contributed by atoms with Gasteiger partial charge in [-0.25, -0.2) is 0 Å². The van der Waals surface area contributed by atoms with Gasteiger partial charge in [0.2, 0.25) is 5.91 Å². The molecule has 2 rings (SSSR count). The maximum absolute atomic E-state index is 12.6. The van der Waals surface area contributed by atoms with Crippen LogP contribution in [0.4, 0.5) is 0 Å². The lowest BCUT2D eigenvalue weighted by molar-refractivity contribution is -0.141. The second-order valence-corrected chi connectivity index (χ2v) is 6.72. The van der Waals surface area contributed by atoms with E-state index in [2.05, 4.69) is 5.32 Å². The van der Waals surface area contributed by atoms with Crippen LogP contribution in [0.2, 0.25) is 0 Å². The van der Waals surface area contributed by atoms with Gasteiger partial charge in [0.25, 0.3) is 0 Å². The van der Waals surface area contributed by atoms with Gasteiger partial charge in [-0.3, -0.25) is 9.59 Å². The summed E-state index contributed by atoms with van der Waals surface area (Å²) >= 11 is 1.51. The second kappa shape index (κ2) is 6.58. The molecule has 1 aromatic rings. The van der Waals surface area contributed by atoms with Crippen LogP contribution in [0.15, 0.2) is 17.5 Å². The first-order valence-corrected chi connectivity index (χ1v) is 8.02. The van der Waals surface area contributed by atoms with Gasteiger partial charge < -0.3 is 15.8 Å². The van der Waals surface area contributed by atoms with E-state index in [9.17, 15) is 9.59 Å². The van der Waals surface area contributed by atoms with E-state index >= 15 is 0 Å². The molecule has 21 heavy (non-hydrogen) atoms. The third-order valence-corrected chi connectivity index (χ3v) is 5.32. The lowest BCUT2D eigenvalue weighted by atomic mass is 9.84. The molecule has 1 aromatic heterocycles. The first-order chi connectivity index (χ1) is 9.97. The molecule has 0 aromatic carbocycles. The van der Waals surface area contributed by atoms with Crippen molar-refractivity contribution in [2.24, 2.45) is 11.1 Å². The molecule has 3 atom stereocenters. The monoisotopic (exact) mass is 310 g/mol. The lowest BCUT2D eigenvalue weighted by Crippen LogP contribution is -2.48. The molecule has 3 N–H and O–H groups in total. The minimum atomic E-state index is -0.550. The predicted octanol–water partition coefficient (Wildman–Crippen LogP) is 1.99. The predicted molar refractivity (Wildman–Crippen MR) is 81.8 cm³/mol. The van der Waals surface area contributed by atoms with Crippen molar-refractivity contribution in [3.8, 4) is 0 Å². The van der Waals surface area contributed by atoms with Gasteiger partial charge in [-0.2, -0.15) is 0 Å². The molecule has 3 unspecified atom stereocenters. The number of hydrogen-bond acceptors (Lipinski definition) is 5. The van der Waals surface area contributed by atoms with Crippen LogP contribution >= 0.6 is 11.3 Å². The highest BCUT2D eigenvalue weighted by atomic mass is 32.1. The Balaban J connectivity index is 2.11. The largest absolute Gasteiger partial charge is 0.469 e. The molecule has 5 nitrogen and oxygen atoms in total. The van der Waals surface area contributed by atoms with Crippen molar-refractivity contribution in [3.05, 3.63) is 22.4 Å². The average Bonchev–Trinajstić information content (AvgIpc) is 3.09. The Bertz CT molecular complexity index is 503. The number of carbonyl (C=O) groups excluding carboxylic acids is 2. The van der Waals surface area contributed by atoms with E-state index in [4.69, 9.17) is 10.5 Å². The summed E-state index contributed by atoms with van der Waals surface area (Å²) in [7, 11) is 1.35. The summed E-state index contributed by atoms with van der Waals surface area (Å²) in [5, 5.41) is 4.91. The van der Waals surface area contributed by atoms with E-state index in [0.29, 0.717) is 0 Å². The molecule has 1 aliphatic rings. The summed E-state index contributed by atoms with van der Waals surface area (Å²) in [4.78, 5) is 25.1. The standard InChI is InChI=1S/C15H22N2O3S/c1-15(7-3-6-12(15)16)14(19)17-10(9-13(18)20-2)11-5-4-8-21-11/h4-5,8,10,12H,3,6-7,9,16H2,1-2H3,(H,17,19). The summed E-state index contributed by atoms with van der Waals surface area (Å²) in [5.74, 6) is -0.413. The fourth-order valence-corrected chi connectivity index (χ4v) is 3.54. The van der Waals surface area contributed by atoms with Gasteiger partial charge in [0.05, 0.1) is 25.0 Å². The number of amides is 1. The molecule has 0 aliphatic heterocycles. The number of ether oxygens (including phenoxy) is 1. The van der Waals surface area contributed by atoms with Crippen molar-refractivity contribution >= 4 is 23.2 Å². The van der Waals surface area contributed by atoms with Crippen LogP contribution in [0.1, 0.15) is 43.5 Å². The summed E-state index contributed by atoms with van der Waals surface area (Å²) < 4.78 is 4.72. The molecule has 1 heterocycles. The zero-order chi connectivity index (χ0) is 15.5. The van der Waals surface area contributed by atoms with Crippen LogP contribution in [-0.4, -0.2) is 25.0 Å². The molecule has 0 bridgehead atoms. The summed E-state index contributed by atoms with van der Waals surface area (Å²) in [6.45, 7) is 1.91. The SMILES string of the molecule is COC(=O)CC(NC(=O)C1(C)CCCC1N)c1cccs1. The minimum absolute atomic E-state index is 0.0743. The smallest absolute Gasteiger partial charge is 0.307 e. The summed E-state index contributed by atoms with van der Waals surface area (Å²) in [6.07, 6.45) is 2.75. The van der Waals surface area contributed by atoms with E-state index in [0.717, 1.165) is 24.1 Å². The Labute approximate surface area is 128 Å². The zero-order valence-corrected chi connectivity index (χ0v) is 13.2. The van der Waals surface area contributed by atoms with E-state index in [1.807, 2.05) is 24.4 Å². The number of nitrogens with two attached hydrogens (primary N) is 1. The van der Waals surface area contributed by atoms with E-state index in [1.165, 1.54) is 18.4 Å². The molecule has 6 heteroatoms. The maximum atomic E-state index is 12.6. The highest BCUT2D eigenvalue weighted by molar-refractivity contribution is 7.10. The molecule has 0 radical (unpaired) electrons. The van der Waals surface area contributed by atoms with Crippen molar-refractivity contribution in [1.82, 2.24) is 5.32 Å². The molecule has 1 saturated carbocycles. The Morgan fingerprint density at radius 2 is 2.38 bits per heavy atom. The van der Waals surface area contributed by atoms with Crippen LogP contribution in [-0.2, 0) is 14.3 Å². The third-order valence-electron chi connectivity index (χ3n) is 4.34. The second-order valence-electron chi connectivity index (χ2n) is 5.74. The van der Waals surface area contributed by atoms with Crippen LogP contribution in [0.3, 0.4) is 0 Å². The molecule has 0 saturated heterocycles. The first kappa shape index (κ1) is 16.0. The lowest BCUT2D eigenvalue weighted by Gasteiger charge is -2.30. The Hall–Kier alpha value is -1.40. The van der Waals surface area contributed by atoms with Gasteiger partial charge in [-0.05, 0) is 31.2 Å². The van der Waals surface area contributed by atoms with E-state index < -0.39 is 5.41 Å². The van der Waals surface area contributed by atoms with Crippen molar-refractivity contribution in [2.45, 2.75) is 44.7 Å². The summed E-state index contributed by atoms with van der Waals surface area (Å²) in [5.41, 5.74) is 5.54. The quantitative estimate of drug-likeness (QED) is 0.815. The Morgan fingerprint density at radius 3 is 2.90 bits per heavy atom. The van der Waals surface area contributed by atoms with Crippen molar-refractivity contribution in [3.63, 3.8) is 0 Å². The number of rotatable bonds is 5. The van der Waals surface area contributed by atoms with Crippen molar-refractivity contribution < 1.29 is 14.3 Å². The highest BCUT2D eigenvalue weighted by Gasteiger charge is 2.43. The topological polar surface area (TPSA) is 81.4 Å². The van der Waals surface area contributed by atoms with Crippen LogP contribution in [0.25, 0.3) is 0 Å². The molecule has 1 amide bonds. The molecule has 0 spiro atoms. The Morgan fingerprint density at radius 1 is 1.62 bits per heavy atom. The van der Waals surface area contributed by atoms with Crippen LogP contribution in [0, 0.1) is 5.41 Å². The van der Waals surface area contributed by atoms with Gasteiger partial charge in [-0.15, -0.1) is 11.3 Å². The molecule has 116 valence electrons. The van der Waals surface area contributed by atoms with Crippen LogP contribution < -0.4 is 11.1 Å². The molecular weight excluding hydrogens is 288 g/mol. The average molecular weight is 310 g/mol. The molecular formula is C15H22N2O3S. The normalized spacial score (nSPS) is 26.3. The number of nitrogens with one attached hydrogen (secondary N) is 1. The minimum Gasteiger partial charge on any atom is -0.469 e. The fourth-order valence-electron chi connectivity index (χ4n) is 2.76. The van der Waals surface area contributed by atoms with Crippen LogP contribution in [0.5, 0.6) is 0 Å². The number of hydrogen-bond donors (Lipinski definition) is 2. The summed E-state index contributed by atoms with van der Waals surface area (Å²) in [6, 6.07) is 3.34. The number of thiophene rings is 1. The highest BCUT2D eigenvalue weighted by Crippen LogP contribution is 2.37. The maximum Gasteiger partial charge on any atom is 0.307 e. The third kappa shape index (κ3) is 3.44. The number of esters is 1. The van der Waals surface area contributed by atoms with E-state index in [1.54, 1.807) is 0 Å². The Kier molecular flexibility index (Phi) is 5.00. The molecule has 1 fully saturated rings. The van der Waals surface area contributed by atoms with Gasteiger partial charge in [0.15, 0.2) is 0 Å². The fraction of sp³-hybridized carbons (Fsp3) is 0.600. The zero-order valence-electron chi connectivity index (χ0n) is 12.4. The molecule has 1 aliphatic carbocycles. The number of carbonyl (C=O) groups is 2. The van der Waals surface area contributed by atoms with Gasteiger partial charge in [-0.1, -0.05) is 12.5 Å².